The predicted octanol–water partition coefficient (Wildman–Crippen LogP) is 3.99. The summed E-state index contributed by atoms with van der Waals surface area (Å²) in [4.78, 5) is 0. The van der Waals surface area contributed by atoms with Gasteiger partial charge in [0.2, 0.25) is 0 Å². The summed E-state index contributed by atoms with van der Waals surface area (Å²) in [7, 11) is -0.965. The van der Waals surface area contributed by atoms with Crippen molar-refractivity contribution in [3.63, 3.8) is 0 Å². The van der Waals surface area contributed by atoms with Gasteiger partial charge in [0.25, 0.3) is 0 Å². The molecule has 0 aromatic heterocycles. The third kappa shape index (κ3) is 2.34. The van der Waals surface area contributed by atoms with E-state index >= 15 is 0 Å². The fraction of sp³-hybridized carbons (Fsp3) is 0.636. The Kier molecular flexibility index (Phi) is 3.33. The van der Waals surface area contributed by atoms with Crippen LogP contribution in [0.5, 0.6) is 0 Å². The maximum atomic E-state index is 2.51. The summed E-state index contributed by atoms with van der Waals surface area (Å²) in [5, 5.41) is 0. The maximum Gasteiger partial charge on any atom is 0.0588 e. The maximum absolute atomic E-state index is 2.51. The second-order valence-electron chi connectivity index (χ2n) is 4.39. The molecule has 0 aliphatic heterocycles. The highest BCUT2D eigenvalue weighted by Crippen LogP contribution is 2.32. The van der Waals surface area contributed by atoms with Crippen LogP contribution in [-0.2, 0) is 0 Å². The van der Waals surface area contributed by atoms with Crippen molar-refractivity contribution in [2.45, 2.75) is 44.4 Å². The molecule has 0 spiro atoms. The Labute approximate surface area is 77.4 Å². The molecule has 0 fully saturated rings. The number of hydrogen-bond donors (Lipinski definition) is 0. The Balaban J connectivity index is 2.46. The molecular weight excluding hydrogens is 160 g/mol. The van der Waals surface area contributed by atoms with E-state index < -0.39 is 8.07 Å². The van der Waals surface area contributed by atoms with E-state index in [2.05, 4.69) is 44.3 Å². The van der Waals surface area contributed by atoms with E-state index in [1.807, 2.05) is 0 Å². The molecule has 0 bridgehead atoms. The minimum absolute atomic E-state index is 0.809. The van der Waals surface area contributed by atoms with Crippen LogP contribution in [0.3, 0.4) is 0 Å². The van der Waals surface area contributed by atoms with Gasteiger partial charge < -0.3 is 0 Å². The molecule has 0 heterocycles. The summed E-state index contributed by atoms with van der Waals surface area (Å²) in [5.74, 6) is 0. The first-order valence-electron chi connectivity index (χ1n) is 5.02. The summed E-state index contributed by atoms with van der Waals surface area (Å²) >= 11 is 0. The van der Waals surface area contributed by atoms with Crippen LogP contribution < -0.4 is 0 Å². The largest absolute Gasteiger partial charge is 0.0803 e. The smallest absolute Gasteiger partial charge is 0.0588 e. The van der Waals surface area contributed by atoms with Gasteiger partial charge in [0.05, 0.1) is 8.07 Å². The number of allylic oxidation sites excluding steroid dienone is 4. The molecular formula is C11H20Si. The zero-order valence-electron chi connectivity index (χ0n) is 8.51. The molecule has 0 saturated carbocycles. The van der Waals surface area contributed by atoms with Gasteiger partial charge in [-0.3, -0.25) is 0 Å². The lowest BCUT2D eigenvalue weighted by atomic mass is 10.4. The van der Waals surface area contributed by atoms with Crippen LogP contribution in [0.1, 0.15) is 19.8 Å². The second kappa shape index (κ2) is 4.08. The van der Waals surface area contributed by atoms with E-state index in [4.69, 9.17) is 0 Å². The molecule has 0 radical (unpaired) electrons. The van der Waals surface area contributed by atoms with Crippen molar-refractivity contribution in [3.05, 3.63) is 24.3 Å². The fourth-order valence-corrected chi connectivity index (χ4v) is 4.61. The summed E-state index contributed by atoms with van der Waals surface area (Å²) in [5.41, 5.74) is 0.809. The molecule has 0 aromatic carbocycles. The first-order valence-corrected chi connectivity index (χ1v) is 8.30. The Morgan fingerprint density at radius 1 is 1.17 bits per heavy atom. The fourth-order valence-electron chi connectivity index (χ4n) is 1.75. The lowest BCUT2D eigenvalue weighted by Crippen LogP contribution is -2.29. The highest BCUT2D eigenvalue weighted by molar-refractivity contribution is 6.79. The van der Waals surface area contributed by atoms with Crippen molar-refractivity contribution in [1.82, 2.24) is 0 Å². The molecule has 1 aliphatic rings. The van der Waals surface area contributed by atoms with Crippen LogP contribution in [0.25, 0.3) is 0 Å². The second-order valence-corrected chi connectivity index (χ2v) is 9.53. The van der Waals surface area contributed by atoms with Gasteiger partial charge in [0.1, 0.15) is 0 Å². The SMILES string of the molecule is CCCC[Si](C)(C)C1C=CC=C1. The van der Waals surface area contributed by atoms with Crippen molar-refractivity contribution in [2.75, 3.05) is 0 Å². The van der Waals surface area contributed by atoms with E-state index in [1.165, 1.54) is 18.9 Å². The minimum Gasteiger partial charge on any atom is -0.0803 e. The quantitative estimate of drug-likeness (QED) is 0.574. The molecule has 0 nitrogen and oxygen atoms in total. The highest BCUT2D eigenvalue weighted by atomic mass is 28.3. The van der Waals surface area contributed by atoms with Gasteiger partial charge in [0, 0.05) is 0 Å². The molecule has 12 heavy (non-hydrogen) atoms. The molecule has 1 heteroatoms. The molecule has 0 aromatic rings. The minimum atomic E-state index is -0.965. The molecule has 0 N–H and O–H groups in total. The molecule has 1 aliphatic carbocycles. The van der Waals surface area contributed by atoms with Crippen LogP contribution in [0, 0.1) is 0 Å². The van der Waals surface area contributed by atoms with E-state index in [0.717, 1.165) is 5.54 Å². The van der Waals surface area contributed by atoms with Crippen LogP contribution in [0.15, 0.2) is 24.3 Å². The van der Waals surface area contributed by atoms with Gasteiger partial charge in [-0.25, -0.2) is 0 Å². The van der Waals surface area contributed by atoms with Gasteiger partial charge in [-0.2, -0.15) is 0 Å². The Hall–Kier alpha value is -0.303. The Morgan fingerprint density at radius 3 is 2.25 bits per heavy atom. The zero-order chi connectivity index (χ0) is 9.03. The van der Waals surface area contributed by atoms with E-state index in [1.54, 1.807) is 0 Å². The molecule has 1 rings (SSSR count). The van der Waals surface area contributed by atoms with Crippen LogP contribution in [0.4, 0.5) is 0 Å². The van der Waals surface area contributed by atoms with Crippen molar-refractivity contribution < 1.29 is 0 Å². The lowest BCUT2D eigenvalue weighted by molar-refractivity contribution is 0.861. The first-order chi connectivity index (χ1) is 5.67. The first kappa shape index (κ1) is 9.78. The Morgan fingerprint density at radius 2 is 1.75 bits per heavy atom. The predicted molar refractivity (Wildman–Crippen MR) is 59.2 cm³/mol. The normalized spacial score (nSPS) is 17.6. The third-order valence-electron chi connectivity index (χ3n) is 2.83. The van der Waals surface area contributed by atoms with Crippen molar-refractivity contribution in [1.29, 1.82) is 0 Å². The Bertz CT molecular complexity index is 177. The lowest BCUT2D eigenvalue weighted by Gasteiger charge is -2.26. The number of unbranched alkanes of at least 4 members (excludes halogenated alkanes) is 1. The van der Waals surface area contributed by atoms with Gasteiger partial charge in [0.15, 0.2) is 0 Å². The zero-order valence-corrected chi connectivity index (χ0v) is 9.51. The summed E-state index contributed by atoms with van der Waals surface area (Å²) in [6.07, 6.45) is 11.9. The number of rotatable bonds is 4. The molecule has 0 saturated heterocycles. The molecule has 68 valence electrons. The molecule has 0 unspecified atom stereocenters. The van der Waals surface area contributed by atoms with Gasteiger partial charge in [-0.05, 0) is 5.54 Å². The standard InChI is InChI=1S/C11H20Si/c1-4-5-10-12(2,3)11-8-6-7-9-11/h6-9,11H,4-5,10H2,1-3H3. The third-order valence-corrected chi connectivity index (χ3v) is 6.66. The van der Waals surface area contributed by atoms with E-state index in [0.29, 0.717) is 0 Å². The molecule has 0 amide bonds. The average molecular weight is 180 g/mol. The molecule has 0 atom stereocenters. The topological polar surface area (TPSA) is 0 Å². The van der Waals surface area contributed by atoms with Crippen LogP contribution in [0.2, 0.25) is 24.7 Å². The monoisotopic (exact) mass is 180 g/mol. The highest BCUT2D eigenvalue weighted by Gasteiger charge is 2.27. The summed E-state index contributed by atoms with van der Waals surface area (Å²) < 4.78 is 0. The van der Waals surface area contributed by atoms with Crippen LogP contribution >= 0.6 is 0 Å². The number of hydrogen-bond acceptors (Lipinski definition) is 0. The van der Waals surface area contributed by atoms with E-state index in [-0.39, 0.29) is 0 Å². The van der Waals surface area contributed by atoms with Gasteiger partial charge >= 0.3 is 0 Å². The van der Waals surface area contributed by atoms with Crippen molar-refractivity contribution >= 4 is 8.07 Å². The van der Waals surface area contributed by atoms with Gasteiger partial charge in [-0.15, -0.1) is 0 Å². The van der Waals surface area contributed by atoms with Crippen molar-refractivity contribution in [3.8, 4) is 0 Å². The summed E-state index contributed by atoms with van der Waals surface area (Å²) in [6.45, 7) is 7.30. The van der Waals surface area contributed by atoms with Gasteiger partial charge in [-0.1, -0.05) is 63.2 Å². The van der Waals surface area contributed by atoms with Crippen molar-refractivity contribution in [2.24, 2.45) is 0 Å². The summed E-state index contributed by atoms with van der Waals surface area (Å²) in [6, 6.07) is 1.48. The average Bonchev–Trinajstić information content (AvgIpc) is 2.53. The van der Waals surface area contributed by atoms with Crippen LogP contribution in [-0.4, -0.2) is 8.07 Å². The van der Waals surface area contributed by atoms with E-state index in [9.17, 15) is 0 Å².